The van der Waals surface area contributed by atoms with Gasteiger partial charge in [-0.05, 0) is 68.5 Å². The van der Waals surface area contributed by atoms with Crippen molar-refractivity contribution < 1.29 is 14.6 Å². The van der Waals surface area contributed by atoms with Gasteiger partial charge in [0.2, 0.25) is 0 Å². The molecule has 0 amide bonds. The van der Waals surface area contributed by atoms with Gasteiger partial charge in [-0.3, -0.25) is 0 Å². The normalized spacial score (nSPS) is 21.3. The van der Waals surface area contributed by atoms with Gasteiger partial charge in [-0.15, -0.1) is 0 Å². The zero-order valence-corrected chi connectivity index (χ0v) is 15.8. The maximum absolute atomic E-state index is 10.4. The van der Waals surface area contributed by atoms with Gasteiger partial charge >= 0.3 is 0 Å². The van der Waals surface area contributed by atoms with Crippen molar-refractivity contribution in [2.75, 3.05) is 6.61 Å². The van der Waals surface area contributed by atoms with Gasteiger partial charge in [-0.25, -0.2) is 0 Å². The van der Waals surface area contributed by atoms with Crippen molar-refractivity contribution in [1.82, 2.24) is 0 Å². The molecule has 2 bridgehead atoms. The molecule has 2 aliphatic heterocycles. The van der Waals surface area contributed by atoms with Gasteiger partial charge < -0.3 is 14.6 Å². The van der Waals surface area contributed by atoms with Crippen LogP contribution in [0.4, 0.5) is 0 Å². The van der Waals surface area contributed by atoms with Gasteiger partial charge in [0.25, 0.3) is 0 Å². The Bertz CT molecular complexity index is 865. The highest BCUT2D eigenvalue weighted by Gasteiger charge is 2.30. The van der Waals surface area contributed by atoms with E-state index in [9.17, 15) is 5.11 Å². The van der Waals surface area contributed by atoms with E-state index in [1.807, 2.05) is 12.1 Å². The molecule has 2 heterocycles. The summed E-state index contributed by atoms with van der Waals surface area (Å²) in [6.45, 7) is 6.85. The monoisotopic (exact) mass is 350 g/mol. The Morgan fingerprint density at radius 2 is 2.04 bits per heavy atom. The van der Waals surface area contributed by atoms with Crippen LogP contribution in [-0.2, 0) is 15.9 Å². The van der Waals surface area contributed by atoms with E-state index in [1.165, 1.54) is 5.57 Å². The van der Waals surface area contributed by atoms with E-state index in [1.54, 1.807) is 0 Å². The van der Waals surface area contributed by atoms with Crippen LogP contribution in [0.25, 0.3) is 5.57 Å². The molecule has 1 aliphatic carbocycles. The van der Waals surface area contributed by atoms with Crippen molar-refractivity contribution >= 4 is 5.57 Å². The number of phenols is 1. The van der Waals surface area contributed by atoms with Crippen LogP contribution >= 0.6 is 0 Å². The lowest BCUT2D eigenvalue weighted by Gasteiger charge is -2.25. The Morgan fingerprint density at radius 3 is 2.81 bits per heavy atom. The van der Waals surface area contributed by atoms with E-state index in [-0.39, 0.29) is 5.60 Å². The van der Waals surface area contributed by atoms with Crippen molar-refractivity contribution in [1.29, 1.82) is 0 Å². The number of hydrogen-bond acceptors (Lipinski definition) is 3. The predicted molar refractivity (Wildman–Crippen MR) is 104 cm³/mol. The minimum atomic E-state index is -0.137. The molecule has 4 rings (SSSR count). The van der Waals surface area contributed by atoms with Gasteiger partial charge in [0.15, 0.2) is 0 Å². The molecule has 0 unspecified atom stereocenters. The molecule has 0 saturated carbocycles. The van der Waals surface area contributed by atoms with Crippen molar-refractivity contribution in [2.45, 2.75) is 52.1 Å². The molecule has 0 radical (unpaired) electrons. The number of benzene rings is 1. The van der Waals surface area contributed by atoms with Crippen molar-refractivity contribution in [3.8, 4) is 5.75 Å². The SMILES string of the molecule is CCc1ccc(C2=CC3=CC=C4CC(=C3OC2)CCC(C)(C)O4)c(O)c1. The van der Waals surface area contributed by atoms with E-state index in [0.29, 0.717) is 12.4 Å². The number of allylic oxidation sites excluding steroid dienone is 4. The summed E-state index contributed by atoms with van der Waals surface area (Å²) in [6, 6.07) is 5.91. The molecule has 1 aromatic rings. The van der Waals surface area contributed by atoms with Crippen molar-refractivity contribution in [3.05, 3.63) is 70.2 Å². The molecule has 3 aliphatic rings. The molecule has 0 atom stereocenters. The molecular weight excluding hydrogens is 324 g/mol. The summed E-state index contributed by atoms with van der Waals surface area (Å²) in [4.78, 5) is 0. The highest BCUT2D eigenvalue weighted by atomic mass is 16.5. The molecule has 26 heavy (non-hydrogen) atoms. The first kappa shape index (κ1) is 17.0. The lowest BCUT2D eigenvalue weighted by Crippen LogP contribution is -2.22. The van der Waals surface area contributed by atoms with Gasteiger partial charge in [0.1, 0.15) is 29.5 Å². The number of rotatable bonds is 2. The van der Waals surface area contributed by atoms with Crippen LogP contribution in [0.1, 0.15) is 51.2 Å². The van der Waals surface area contributed by atoms with Crippen LogP contribution in [0.3, 0.4) is 0 Å². The molecule has 1 fully saturated rings. The minimum absolute atomic E-state index is 0.137. The summed E-state index contributed by atoms with van der Waals surface area (Å²) < 4.78 is 12.4. The van der Waals surface area contributed by atoms with Crippen LogP contribution in [0.2, 0.25) is 0 Å². The summed E-state index contributed by atoms with van der Waals surface area (Å²) in [7, 11) is 0. The average molecular weight is 350 g/mol. The van der Waals surface area contributed by atoms with Crippen LogP contribution < -0.4 is 0 Å². The first-order valence-electron chi connectivity index (χ1n) is 9.43. The number of ether oxygens (including phenoxy) is 2. The lowest BCUT2D eigenvalue weighted by atomic mass is 9.93. The first-order valence-corrected chi connectivity index (χ1v) is 9.43. The maximum atomic E-state index is 10.4. The van der Waals surface area contributed by atoms with Gasteiger partial charge in [-0.2, -0.15) is 0 Å². The van der Waals surface area contributed by atoms with Gasteiger partial charge in [0, 0.05) is 23.1 Å². The van der Waals surface area contributed by atoms with Crippen molar-refractivity contribution in [3.63, 3.8) is 0 Å². The van der Waals surface area contributed by atoms with Crippen LogP contribution in [0.5, 0.6) is 5.75 Å². The second-order valence-electron chi connectivity index (χ2n) is 7.89. The Morgan fingerprint density at radius 1 is 1.19 bits per heavy atom. The molecule has 3 heteroatoms. The second-order valence-corrected chi connectivity index (χ2v) is 7.89. The molecule has 3 nitrogen and oxygen atoms in total. The molecular formula is C23H26O3. The van der Waals surface area contributed by atoms with Gasteiger partial charge in [0.05, 0.1) is 0 Å². The summed E-state index contributed by atoms with van der Waals surface area (Å²) in [6.07, 6.45) is 9.99. The number of fused-ring (bicyclic) bond motifs is 3. The summed E-state index contributed by atoms with van der Waals surface area (Å²) >= 11 is 0. The largest absolute Gasteiger partial charge is 0.507 e. The third-order valence-corrected chi connectivity index (χ3v) is 5.37. The fourth-order valence-electron chi connectivity index (χ4n) is 3.84. The van der Waals surface area contributed by atoms with E-state index >= 15 is 0 Å². The molecule has 1 N–H and O–H groups in total. The molecule has 1 aromatic carbocycles. The zero-order valence-electron chi connectivity index (χ0n) is 15.8. The Balaban J connectivity index is 1.73. The lowest BCUT2D eigenvalue weighted by molar-refractivity contribution is 0.0328. The van der Waals surface area contributed by atoms with Crippen LogP contribution in [0, 0.1) is 0 Å². The number of phenolic OH excluding ortho intramolecular Hbond substituents is 1. The molecule has 1 saturated heterocycles. The Labute approximate surface area is 155 Å². The summed E-state index contributed by atoms with van der Waals surface area (Å²) in [5, 5.41) is 10.4. The second kappa shape index (κ2) is 6.39. The fourth-order valence-corrected chi connectivity index (χ4v) is 3.84. The quantitative estimate of drug-likeness (QED) is 0.773. The average Bonchev–Trinajstić information content (AvgIpc) is 2.88. The third kappa shape index (κ3) is 3.18. The van der Waals surface area contributed by atoms with Crippen LogP contribution in [0.15, 0.2) is 59.1 Å². The Kier molecular flexibility index (Phi) is 4.18. The van der Waals surface area contributed by atoms with E-state index in [2.05, 4.69) is 45.1 Å². The topological polar surface area (TPSA) is 38.7 Å². The highest BCUT2D eigenvalue weighted by Crippen LogP contribution is 2.41. The first-order chi connectivity index (χ1) is 12.4. The number of aromatic hydroxyl groups is 1. The number of aryl methyl sites for hydroxylation is 1. The fraction of sp³-hybridized carbons (Fsp3) is 0.391. The zero-order chi connectivity index (χ0) is 18.3. The highest BCUT2D eigenvalue weighted by molar-refractivity contribution is 5.76. The standard InChI is InChI=1S/C23H26O3/c1-4-15-5-8-20(21(24)11-15)18-12-16-6-7-19-13-17(22(16)25-14-18)9-10-23(2,3)26-19/h5-8,11-12,24H,4,9-10,13-14H2,1-3H3. The summed E-state index contributed by atoms with van der Waals surface area (Å²) in [5.74, 6) is 2.32. The van der Waals surface area contributed by atoms with Gasteiger partial charge in [-0.1, -0.05) is 19.1 Å². The summed E-state index contributed by atoms with van der Waals surface area (Å²) in [5.41, 5.74) is 5.23. The molecule has 0 spiro atoms. The van der Waals surface area contributed by atoms with E-state index in [4.69, 9.17) is 9.47 Å². The smallest absolute Gasteiger partial charge is 0.126 e. The van der Waals surface area contributed by atoms with Crippen molar-refractivity contribution in [2.24, 2.45) is 0 Å². The van der Waals surface area contributed by atoms with E-state index < -0.39 is 0 Å². The van der Waals surface area contributed by atoms with Crippen LogP contribution in [-0.4, -0.2) is 17.3 Å². The minimum Gasteiger partial charge on any atom is -0.507 e. The third-order valence-electron chi connectivity index (χ3n) is 5.37. The maximum Gasteiger partial charge on any atom is 0.126 e. The predicted octanol–water partition coefficient (Wildman–Crippen LogP) is 5.43. The molecule has 136 valence electrons. The van der Waals surface area contributed by atoms with E-state index in [0.717, 1.165) is 59.5 Å². The number of hydrogen-bond donors (Lipinski definition) is 1. The molecule has 0 aromatic heterocycles. The Hall–Kier alpha value is -2.42.